The molecule has 0 aliphatic rings. The van der Waals surface area contributed by atoms with Gasteiger partial charge in [0.25, 0.3) is 15.9 Å². The van der Waals surface area contributed by atoms with Crippen LogP contribution in [-0.2, 0) is 10.0 Å². The number of amides is 1. The summed E-state index contributed by atoms with van der Waals surface area (Å²) in [5, 5.41) is 5.04. The van der Waals surface area contributed by atoms with Crippen LogP contribution in [0, 0.1) is 13.8 Å². The highest BCUT2D eigenvalue weighted by atomic mass is 32.2. The second kappa shape index (κ2) is 8.37. The second-order valence-corrected chi connectivity index (χ2v) is 9.36. The lowest BCUT2D eigenvalue weighted by Crippen LogP contribution is -2.14. The SMILES string of the molecule is Cc1cc(-c2csc(NC(=O)c3ccc(S(=O)(=O)Nc4ccccc4)cc3)n2)c(C)o1. The highest BCUT2D eigenvalue weighted by Crippen LogP contribution is 2.29. The number of carbonyl (C=O) groups is 1. The van der Waals surface area contributed by atoms with Gasteiger partial charge in [0.05, 0.1) is 10.6 Å². The first kappa shape index (κ1) is 20.8. The molecule has 7 nitrogen and oxygen atoms in total. The molecule has 0 aliphatic heterocycles. The predicted molar refractivity (Wildman–Crippen MR) is 121 cm³/mol. The molecule has 0 aliphatic carbocycles. The summed E-state index contributed by atoms with van der Waals surface area (Å²) in [4.78, 5) is 17.1. The van der Waals surface area contributed by atoms with Gasteiger partial charge < -0.3 is 4.42 Å². The molecule has 4 aromatic rings. The molecule has 31 heavy (non-hydrogen) atoms. The molecule has 4 rings (SSSR count). The Bertz CT molecular complexity index is 1320. The van der Waals surface area contributed by atoms with Crippen molar-refractivity contribution in [2.45, 2.75) is 18.7 Å². The molecule has 9 heteroatoms. The minimum absolute atomic E-state index is 0.0650. The second-order valence-electron chi connectivity index (χ2n) is 6.81. The van der Waals surface area contributed by atoms with Gasteiger partial charge in [0, 0.05) is 22.2 Å². The Morgan fingerprint density at radius 1 is 1.03 bits per heavy atom. The maximum absolute atomic E-state index is 12.6. The molecule has 0 bridgehead atoms. The summed E-state index contributed by atoms with van der Waals surface area (Å²) < 4.78 is 33.1. The van der Waals surface area contributed by atoms with E-state index in [0.717, 1.165) is 22.8 Å². The first-order chi connectivity index (χ1) is 14.8. The Kier molecular flexibility index (Phi) is 5.62. The van der Waals surface area contributed by atoms with Crippen molar-refractivity contribution in [1.29, 1.82) is 0 Å². The number of furan rings is 1. The first-order valence-electron chi connectivity index (χ1n) is 9.34. The van der Waals surface area contributed by atoms with Crippen LogP contribution < -0.4 is 10.0 Å². The largest absolute Gasteiger partial charge is 0.466 e. The van der Waals surface area contributed by atoms with E-state index in [4.69, 9.17) is 4.42 Å². The van der Waals surface area contributed by atoms with Crippen LogP contribution >= 0.6 is 11.3 Å². The van der Waals surface area contributed by atoms with E-state index >= 15 is 0 Å². The third-order valence-electron chi connectivity index (χ3n) is 4.49. The molecular weight excluding hydrogens is 434 g/mol. The zero-order valence-electron chi connectivity index (χ0n) is 16.7. The molecule has 0 atom stereocenters. The first-order valence-corrected chi connectivity index (χ1v) is 11.7. The van der Waals surface area contributed by atoms with E-state index in [9.17, 15) is 13.2 Å². The molecule has 0 saturated heterocycles. The third-order valence-corrected chi connectivity index (χ3v) is 6.65. The highest BCUT2D eigenvalue weighted by Gasteiger charge is 2.17. The average molecular weight is 454 g/mol. The topological polar surface area (TPSA) is 101 Å². The Morgan fingerprint density at radius 3 is 2.39 bits per heavy atom. The van der Waals surface area contributed by atoms with Gasteiger partial charge in [-0.25, -0.2) is 13.4 Å². The Hall–Kier alpha value is -3.43. The molecule has 2 aromatic carbocycles. The van der Waals surface area contributed by atoms with Crippen LogP contribution in [-0.4, -0.2) is 19.3 Å². The molecule has 2 aromatic heterocycles. The number of aromatic nitrogens is 1. The molecule has 0 fully saturated rings. The van der Waals surface area contributed by atoms with Crippen molar-refractivity contribution >= 4 is 38.1 Å². The standard InChI is InChI=1S/C22H19N3O4S2/c1-14-12-19(15(2)29-14)20-13-30-22(23-20)24-21(26)16-8-10-18(11-9-16)31(27,28)25-17-6-4-3-5-7-17/h3-13,25H,1-2H3,(H,23,24,26). The van der Waals surface area contributed by atoms with E-state index in [-0.39, 0.29) is 10.8 Å². The third kappa shape index (κ3) is 4.68. The van der Waals surface area contributed by atoms with Crippen molar-refractivity contribution in [2.24, 2.45) is 0 Å². The van der Waals surface area contributed by atoms with Gasteiger partial charge in [-0.15, -0.1) is 11.3 Å². The van der Waals surface area contributed by atoms with Gasteiger partial charge in [-0.1, -0.05) is 18.2 Å². The molecule has 158 valence electrons. The van der Waals surface area contributed by atoms with Gasteiger partial charge in [0.1, 0.15) is 11.5 Å². The lowest BCUT2D eigenvalue weighted by atomic mass is 10.2. The van der Waals surface area contributed by atoms with Crippen LogP contribution in [0.4, 0.5) is 10.8 Å². The molecule has 0 saturated carbocycles. The van der Waals surface area contributed by atoms with Gasteiger partial charge in [0.2, 0.25) is 0 Å². The zero-order chi connectivity index (χ0) is 22.0. The van der Waals surface area contributed by atoms with Crippen LogP contribution in [0.5, 0.6) is 0 Å². The van der Waals surface area contributed by atoms with E-state index in [1.54, 1.807) is 30.3 Å². The molecule has 2 N–H and O–H groups in total. The summed E-state index contributed by atoms with van der Waals surface area (Å²) in [7, 11) is -3.74. The molecule has 0 radical (unpaired) electrons. The fourth-order valence-electron chi connectivity index (χ4n) is 3.01. The lowest BCUT2D eigenvalue weighted by molar-refractivity contribution is 0.102. The summed E-state index contributed by atoms with van der Waals surface area (Å²) >= 11 is 1.30. The van der Waals surface area contributed by atoms with Crippen LogP contribution in [0.25, 0.3) is 11.3 Å². The molecule has 1 amide bonds. The van der Waals surface area contributed by atoms with E-state index in [0.29, 0.717) is 16.4 Å². The number of benzene rings is 2. The number of thiazole rings is 1. The Balaban J connectivity index is 1.46. The fraction of sp³-hybridized carbons (Fsp3) is 0.0909. The molecular formula is C22H19N3O4S2. The number of carbonyl (C=O) groups excluding carboxylic acids is 1. The van der Waals surface area contributed by atoms with Crippen LogP contribution in [0.3, 0.4) is 0 Å². The van der Waals surface area contributed by atoms with Crippen molar-refractivity contribution < 1.29 is 17.6 Å². The maximum Gasteiger partial charge on any atom is 0.261 e. The van der Waals surface area contributed by atoms with E-state index < -0.39 is 10.0 Å². The Morgan fingerprint density at radius 2 is 1.74 bits per heavy atom. The van der Waals surface area contributed by atoms with Gasteiger partial charge in [0.15, 0.2) is 5.13 Å². The molecule has 2 heterocycles. The maximum atomic E-state index is 12.6. The minimum atomic E-state index is -3.74. The summed E-state index contributed by atoms with van der Waals surface area (Å²) in [6.45, 7) is 3.73. The van der Waals surface area contributed by atoms with Crippen LogP contribution in [0.1, 0.15) is 21.9 Å². The summed E-state index contributed by atoms with van der Waals surface area (Å²) in [6, 6.07) is 16.2. The van der Waals surface area contributed by atoms with Crippen molar-refractivity contribution in [3.05, 3.63) is 83.1 Å². The van der Waals surface area contributed by atoms with Gasteiger partial charge >= 0.3 is 0 Å². The monoisotopic (exact) mass is 453 g/mol. The highest BCUT2D eigenvalue weighted by molar-refractivity contribution is 7.92. The Labute approximate surface area is 183 Å². The number of sulfonamides is 1. The lowest BCUT2D eigenvalue weighted by Gasteiger charge is -2.08. The van der Waals surface area contributed by atoms with Gasteiger partial charge in [-0.05, 0) is 56.3 Å². The average Bonchev–Trinajstić information content (AvgIpc) is 3.34. The molecule has 0 unspecified atom stereocenters. The summed E-state index contributed by atoms with van der Waals surface area (Å²) in [6.07, 6.45) is 0. The number of hydrogen-bond donors (Lipinski definition) is 2. The number of para-hydroxylation sites is 1. The van der Waals surface area contributed by atoms with E-state index in [1.807, 2.05) is 25.3 Å². The van der Waals surface area contributed by atoms with E-state index in [1.165, 1.54) is 35.6 Å². The zero-order valence-corrected chi connectivity index (χ0v) is 18.4. The quantitative estimate of drug-likeness (QED) is 0.424. The number of aryl methyl sites for hydroxylation is 2. The van der Waals surface area contributed by atoms with Crippen LogP contribution in [0.2, 0.25) is 0 Å². The van der Waals surface area contributed by atoms with Crippen molar-refractivity contribution in [3.8, 4) is 11.3 Å². The predicted octanol–water partition coefficient (Wildman–Crippen LogP) is 5.07. The smallest absolute Gasteiger partial charge is 0.261 e. The summed E-state index contributed by atoms with van der Waals surface area (Å²) in [5.41, 5.74) is 2.40. The number of anilines is 2. The van der Waals surface area contributed by atoms with Crippen molar-refractivity contribution in [3.63, 3.8) is 0 Å². The fourth-order valence-corrected chi connectivity index (χ4v) is 4.78. The normalized spacial score (nSPS) is 11.3. The number of nitrogens with zero attached hydrogens (tertiary/aromatic N) is 1. The van der Waals surface area contributed by atoms with Crippen molar-refractivity contribution in [2.75, 3.05) is 10.0 Å². The number of rotatable bonds is 6. The number of nitrogens with one attached hydrogen (secondary N) is 2. The summed E-state index contributed by atoms with van der Waals surface area (Å²) in [5.74, 6) is 1.19. The van der Waals surface area contributed by atoms with E-state index in [2.05, 4.69) is 15.0 Å². The van der Waals surface area contributed by atoms with Crippen molar-refractivity contribution in [1.82, 2.24) is 4.98 Å². The van der Waals surface area contributed by atoms with Gasteiger partial charge in [-0.3, -0.25) is 14.8 Å². The number of hydrogen-bond acceptors (Lipinski definition) is 6. The molecule has 0 spiro atoms. The van der Waals surface area contributed by atoms with Gasteiger partial charge in [-0.2, -0.15) is 0 Å². The minimum Gasteiger partial charge on any atom is -0.466 e. The van der Waals surface area contributed by atoms with Crippen LogP contribution in [0.15, 0.2) is 75.4 Å².